The van der Waals surface area contributed by atoms with Gasteiger partial charge in [-0.25, -0.2) is 0 Å². The van der Waals surface area contributed by atoms with E-state index < -0.39 is 0 Å². The van der Waals surface area contributed by atoms with Crippen molar-refractivity contribution in [2.75, 3.05) is 13.1 Å². The second-order valence-corrected chi connectivity index (χ2v) is 7.52. The number of aromatic nitrogens is 2. The molecule has 5 nitrogen and oxygen atoms in total. The SMILES string of the molecule is CCCCC(=O)N1CCC[C@@H](c2nc(-c3ccc(C(C)C)cc3)no2)C1. The summed E-state index contributed by atoms with van der Waals surface area (Å²) in [5.41, 5.74) is 2.27. The molecule has 0 radical (unpaired) electrons. The van der Waals surface area contributed by atoms with Gasteiger partial charge in [0.1, 0.15) is 0 Å². The van der Waals surface area contributed by atoms with Crippen molar-refractivity contribution in [3.8, 4) is 11.4 Å². The van der Waals surface area contributed by atoms with Gasteiger partial charge in [-0.15, -0.1) is 0 Å². The van der Waals surface area contributed by atoms with Gasteiger partial charge in [-0.2, -0.15) is 4.98 Å². The molecule has 1 aliphatic heterocycles. The molecule has 3 rings (SSSR count). The summed E-state index contributed by atoms with van der Waals surface area (Å²) in [6, 6.07) is 8.33. The van der Waals surface area contributed by atoms with Crippen molar-refractivity contribution in [1.82, 2.24) is 15.0 Å². The number of unbranched alkanes of at least 4 members (excludes halogenated alkanes) is 1. The van der Waals surface area contributed by atoms with Crippen LogP contribution in [0.15, 0.2) is 28.8 Å². The van der Waals surface area contributed by atoms with Gasteiger partial charge in [0.2, 0.25) is 17.6 Å². The molecule has 1 amide bonds. The number of carbonyl (C=O) groups is 1. The van der Waals surface area contributed by atoms with E-state index in [2.05, 4.69) is 43.0 Å². The molecule has 140 valence electrons. The minimum Gasteiger partial charge on any atom is -0.342 e. The maximum atomic E-state index is 12.3. The molecule has 26 heavy (non-hydrogen) atoms. The Morgan fingerprint density at radius 1 is 1.31 bits per heavy atom. The molecule has 1 aromatic heterocycles. The van der Waals surface area contributed by atoms with Gasteiger partial charge in [0, 0.05) is 25.1 Å². The van der Waals surface area contributed by atoms with Crippen LogP contribution in [0.3, 0.4) is 0 Å². The molecule has 0 saturated carbocycles. The second-order valence-electron chi connectivity index (χ2n) is 7.52. The van der Waals surface area contributed by atoms with E-state index in [1.165, 1.54) is 5.56 Å². The highest BCUT2D eigenvalue weighted by Gasteiger charge is 2.28. The summed E-state index contributed by atoms with van der Waals surface area (Å²) in [6.45, 7) is 8.00. The average Bonchev–Trinajstić information content (AvgIpc) is 3.16. The smallest absolute Gasteiger partial charge is 0.231 e. The lowest BCUT2D eigenvalue weighted by Crippen LogP contribution is -2.39. The summed E-state index contributed by atoms with van der Waals surface area (Å²) in [5.74, 6) is 2.18. The Morgan fingerprint density at radius 2 is 2.08 bits per heavy atom. The van der Waals surface area contributed by atoms with E-state index >= 15 is 0 Å². The normalized spacial score (nSPS) is 17.7. The molecule has 0 N–H and O–H groups in total. The van der Waals surface area contributed by atoms with Crippen LogP contribution in [0.5, 0.6) is 0 Å². The van der Waals surface area contributed by atoms with Crippen LogP contribution >= 0.6 is 0 Å². The molecular weight excluding hydrogens is 326 g/mol. The highest BCUT2D eigenvalue weighted by Crippen LogP contribution is 2.28. The first-order valence-electron chi connectivity index (χ1n) is 9.80. The van der Waals surface area contributed by atoms with Crippen molar-refractivity contribution in [1.29, 1.82) is 0 Å². The molecule has 0 aliphatic carbocycles. The van der Waals surface area contributed by atoms with Crippen LogP contribution in [0.1, 0.15) is 76.2 Å². The lowest BCUT2D eigenvalue weighted by atomic mass is 9.97. The number of benzene rings is 1. The summed E-state index contributed by atoms with van der Waals surface area (Å²) in [7, 11) is 0. The Bertz CT molecular complexity index is 721. The highest BCUT2D eigenvalue weighted by atomic mass is 16.5. The number of hydrogen-bond acceptors (Lipinski definition) is 4. The van der Waals surface area contributed by atoms with Gasteiger partial charge in [-0.1, -0.05) is 56.6 Å². The topological polar surface area (TPSA) is 59.2 Å². The van der Waals surface area contributed by atoms with Gasteiger partial charge in [-0.3, -0.25) is 4.79 Å². The number of piperidine rings is 1. The largest absolute Gasteiger partial charge is 0.342 e. The Balaban J connectivity index is 1.68. The van der Waals surface area contributed by atoms with Gasteiger partial charge in [-0.05, 0) is 30.7 Å². The first-order chi connectivity index (χ1) is 12.6. The minimum atomic E-state index is 0.144. The Labute approximate surface area is 155 Å². The molecule has 0 spiro atoms. The standard InChI is InChI=1S/C21H29N3O2/c1-4-5-8-19(25)24-13-6-7-18(14-24)21-22-20(23-26-21)17-11-9-16(10-12-17)15(2)3/h9-12,15,18H,4-8,13-14H2,1-3H3/t18-/m1/s1. The van der Waals surface area contributed by atoms with E-state index in [-0.39, 0.29) is 11.8 Å². The third-order valence-corrected chi connectivity index (χ3v) is 5.14. The van der Waals surface area contributed by atoms with Gasteiger partial charge >= 0.3 is 0 Å². The molecule has 1 fully saturated rings. The number of rotatable bonds is 6. The summed E-state index contributed by atoms with van der Waals surface area (Å²) in [4.78, 5) is 18.9. The molecule has 0 bridgehead atoms. The third-order valence-electron chi connectivity index (χ3n) is 5.14. The first-order valence-corrected chi connectivity index (χ1v) is 9.80. The lowest BCUT2D eigenvalue weighted by molar-refractivity contribution is -0.132. The lowest BCUT2D eigenvalue weighted by Gasteiger charge is -2.31. The molecule has 2 aromatic rings. The molecule has 1 atom stereocenters. The van der Waals surface area contributed by atoms with Crippen LogP contribution in [-0.2, 0) is 4.79 Å². The fourth-order valence-corrected chi connectivity index (χ4v) is 3.43. The Kier molecular flexibility index (Phi) is 6.07. The van der Waals surface area contributed by atoms with Gasteiger partial charge in [0.25, 0.3) is 0 Å². The average molecular weight is 355 g/mol. The van der Waals surface area contributed by atoms with Crippen molar-refractivity contribution >= 4 is 5.91 Å². The van der Waals surface area contributed by atoms with Crippen molar-refractivity contribution in [3.63, 3.8) is 0 Å². The zero-order valence-corrected chi connectivity index (χ0v) is 16.1. The van der Waals surface area contributed by atoms with Gasteiger partial charge < -0.3 is 9.42 Å². The van der Waals surface area contributed by atoms with E-state index in [1.54, 1.807) is 0 Å². The predicted molar refractivity (Wildman–Crippen MR) is 102 cm³/mol. The summed E-state index contributed by atoms with van der Waals surface area (Å²) < 4.78 is 5.55. The minimum absolute atomic E-state index is 0.144. The molecule has 2 heterocycles. The summed E-state index contributed by atoms with van der Waals surface area (Å²) in [6.07, 6.45) is 4.62. The number of amides is 1. The van der Waals surface area contributed by atoms with E-state index in [4.69, 9.17) is 4.52 Å². The number of likely N-dealkylation sites (tertiary alicyclic amines) is 1. The molecule has 1 aromatic carbocycles. The Morgan fingerprint density at radius 3 is 2.77 bits per heavy atom. The number of nitrogens with zero attached hydrogens (tertiary/aromatic N) is 3. The van der Waals surface area contributed by atoms with Crippen molar-refractivity contribution in [2.24, 2.45) is 0 Å². The van der Waals surface area contributed by atoms with E-state index in [1.807, 2.05) is 17.0 Å². The van der Waals surface area contributed by atoms with Crippen LogP contribution in [0.25, 0.3) is 11.4 Å². The van der Waals surface area contributed by atoms with Crippen molar-refractivity contribution in [3.05, 3.63) is 35.7 Å². The zero-order valence-electron chi connectivity index (χ0n) is 16.1. The molecule has 0 unspecified atom stereocenters. The monoisotopic (exact) mass is 355 g/mol. The fourth-order valence-electron chi connectivity index (χ4n) is 3.43. The van der Waals surface area contributed by atoms with E-state index in [0.717, 1.165) is 37.8 Å². The van der Waals surface area contributed by atoms with E-state index in [0.29, 0.717) is 30.6 Å². The van der Waals surface area contributed by atoms with Crippen molar-refractivity contribution < 1.29 is 9.32 Å². The van der Waals surface area contributed by atoms with Crippen LogP contribution in [0.2, 0.25) is 0 Å². The quantitative estimate of drug-likeness (QED) is 0.750. The molecule has 1 saturated heterocycles. The van der Waals surface area contributed by atoms with Gasteiger partial charge in [0.05, 0.1) is 5.92 Å². The third kappa shape index (κ3) is 4.32. The van der Waals surface area contributed by atoms with Crippen LogP contribution in [0, 0.1) is 0 Å². The maximum Gasteiger partial charge on any atom is 0.231 e. The summed E-state index contributed by atoms with van der Waals surface area (Å²) >= 11 is 0. The first kappa shape index (κ1) is 18.6. The predicted octanol–water partition coefficient (Wildman–Crippen LogP) is 4.76. The van der Waals surface area contributed by atoms with Crippen LogP contribution in [-0.4, -0.2) is 34.0 Å². The highest BCUT2D eigenvalue weighted by molar-refractivity contribution is 5.76. The number of carbonyl (C=O) groups excluding carboxylic acids is 1. The van der Waals surface area contributed by atoms with Crippen LogP contribution < -0.4 is 0 Å². The fraction of sp³-hybridized carbons (Fsp3) is 0.571. The molecule has 1 aliphatic rings. The number of hydrogen-bond donors (Lipinski definition) is 0. The van der Waals surface area contributed by atoms with Crippen molar-refractivity contribution in [2.45, 2.75) is 64.7 Å². The van der Waals surface area contributed by atoms with Gasteiger partial charge in [0.15, 0.2) is 0 Å². The second kappa shape index (κ2) is 8.47. The molecular formula is C21H29N3O2. The maximum absolute atomic E-state index is 12.3. The van der Waals surface area contributed by atoms with E-state index in [9.17, 15) is 4.79 Å². The zero-order chi connectivity index (χ0) is 18.5. The molecule has 5 heteroatoms. The summed E-state index contributed by atoms with van der Waals surface area (Å²) in [5, 5.41) is 4.17. The van der Waals surface area contributed by atoms with Crippen LogP contribution in [0.4, 0.5) is 0 Å². The Hall–Kier alpha value is -2.17.